The minimum Gasteiger partial charge on any atom is -0.390 e. The van der Waals surface area contributed by atoms with Crippen LogP contribution in [0.25, 0.3) is 0 Å². The van der Waals surface area contributed by atoms with Gasteiger partial charge in [0.05, 0.1) is 35.6 Å². The lowest BCUT2D eigenvalue weighted by Crippen LogP contribution is -2.56. The molecule has 194 valence electrons. The van der Waals surface area contributed by atoms with Crippen LogP contribution >= 0.6 is 23.4 Å². The highest BCUT2D eigenvalue weighted by Crippen LogP contribution is 2.57. The zero-order valence-electron chi connectivity index (χ0n) is 20.9. The Morgan fingerprint density at radius 2 is 1.89 bits per heavy atom. The van der Waals surface area contributed by atoms with E-state index in [1.54, 1.807) is 12.4 Å². The summed E-state index contributed by atoms with van der Waals surface area (Å²) in [7, 11) is 0. The van der Waals surface area contributed by atoms with Crippen molar-refractivity contribution >= 4 is 35.0 Å². The van der Waals surface area contributed by atoms with Crippen LogP contribution in [0.2, 0.25) is 5.02 Å². The Morgan fingerprint density at radius 1 is 1.14 bits per heavy atom. The van der Waals surface area contributed by atoms with Gasteiger partial charge in [0.1, 0.15) is 16.5 Å². The molecule has 1 saturated carbocycles. The Labute approximate surface area is 221 Å². The fourth-order valence-corrected chi connectivity index (χ4v) is 6.96. The van der Waals surface area contributed by atoms with E-state index < -0.39 is 5.60 Å². The number of anilines is 2. The maximum Gasteiger partial charge on any atom is 0.152 e. The molecule has 0 atom stereocenters. The zero-order valence-corrected chi connectivity index (χ0v) is 22.5. The number of nitrogens with zero attached hydrogens (tertiary/aromatic N) is 5. The largest absolute Gasteiger partial charge is 0.390 e. The predicted octanol–water partition coefficient (Wildman–Crippen LogP) is 3.92. The van der Waals surface area contributed by atoms with Gasteiger partial charge in [-0.25, -0.2) is 15.0 Å². The number of hydrogen-bond donors (Lipinski definition) is 2. The number of aromatic nitrogens is 3. The number of ether oxygens (including phenoxy) is 1. The van der Waals surface area contributed by atoms with E-state index in [0.29, 0.717) is 21.2 Å². The van der Waals surface area contributed by atoms with Crippen LogP contribution in [0.1, 0.15) is 51.6 Å². The fourth-order valence-electron chi connectivity index (χ4n) is 5.81. The molecule has 6 rings (SSSR count). The average Bonchev–Trinajstić information content (AvgIpc) is 3.48. The van der Waals surface area contributed by atoms with Gasteiger partial charge >= 0.3 is 0 Å². The Hall–Kier alpha value is -1.65. The van der Waals surface area contributed by atoms with Crippen LogP contribution in [0.3, 0.4) is 0 Å². The molecule has 2 aromatic rings. The van der Waals surface area contributed by atoms with Crippen LogP contribution in [-0.4, -0.2) is 69.2 Å². The highest BCUT2D eigenvalue weighted by Gasteiger charge is 2.56. The van der Waals surface area contributed by atoms with Crippen molar-refractivity contribution < 1.29 is 14.9 Å². The number of piperidine rings is 1. The molecule has 4 fully saturated rings. The Bertz CT molecular complexity index is 1140. The van der Waals surface area contributed by atoms with Crippen molar-refractivity contribution in [2.45, 2.75) is 73.7 Å². The highest BCUT2D eigenvalue weighted by molar-refractivity contribution is 7.99. The molecule has 2 aromatic heterocycles. The van der Waals surface area contributed by atoms with Gasteiger partial charge in [0.2, 0.25) is 0 Å². The molecule has 5 heterocycles. The summed E-state index contributed by atoms with van der Waals surface area (Å²) >= 11 is 8.16. The van der Waals surface area contributed by atoms with E-state index in [1.165, 1.54) is 31.0 Å². The Kier molecular flexibility index (Phi) is 6.15. The maximum atomic E-state index is 10.2. The summed E-state index contributed by atoms with van der Waals surface area (Å²) in [5, 5.41) is 21.6. The van der Waals surface area contributed by atoms with Crippen molar-refractivity contribution in [3.05, 3.63) is 29.2 Å². The molecule has 8 nitrogen and oxygen atoms in total. The second-order valence-electron chi connectivity index (χ2n) is 11.6. The Morgan fingerprint density at radius 3 is 2.53 bits per heavy atom. The lowest BCUT2D eigenvalue weighted by Gasteiger charge is -2.46. The van der Waals surface area contributed by atoms with Crippen molar-refractivity contribution in [2.24, 2.45) is 11.3 Å². The van der Waals surface area contributed by atoms with Gasteiger partial charge in [-0.05, 0) is 57.4 Å². The van der Waals surface area contributed by atoms with Gasteiger partial charge in [-0.15, -0.1) is 0 Å². The molecule has 0 amide bonds. The monoisotopic (exact) mass is 531 g/mol. The SMILES string of the molecule is CC(C)(O)C1CN(c2nccc(Sc3cnc(N4CCC5(CC4)COC4(CC4)C5)c(CO)n3)c2Cl)C1. The quantitative estimate of drug-likeness (QED) is 0.575. The third-order valence-electron chi connectivity index (χ3n) is 8.49. The molecule has 2 spiro atoms. The standard InChI is InChI=1S/C26H34ClN5O3S/c1-24(2,34)17-12-32(13-17)23-21(27)19(3-8-28-23)36-20-11-29-22(18(14-33)30-20)31-9-6-25(7-10-31)15-26(4-5-26)35-16-25/h3,8,11,17,33-34H,4-7,9-10,12-16H2,1-2H3. The van der Waals surface area contributed by atoms with Crippen LogP contribution in [-0.2, 0) is 11.3 Å². The van der Waals surface area contributed by atoms with E-state index >= 15 is 0 Å². The molecular formula is C26H34ClN5O3S. The van der Waals surface area contributed by atoms with Crippen LogP contribution < -0.4 is 9.80 Å². The van der Waals surface area contributed by atoms with Gasteiger partial charge in [0.25, 0.3) is 0 Å². The van der Waals surface area contributed by atoms with E-state index in [0.717, 1.165) is 62.2 Å². The summed E-state index contributed by atoms with van der Waals surface area (Å²) in [4.78, 5) is 19.1. The normalized spacial score (nSPS) is 22.9. The first kappa shape index (κ1) is 24.7. The molecular weight excluding hydrogens is 498 g/mol. The topological polar surface area (TPSA) is 94.8 Å². The van der Waals surface area contributed by atoms with Crippen molar-refractivity contribution in [3.63, 3.8) is 0 Å². The van der Waals surface area contributed by atoms with Crippen molar-refractivity contribution in [3.8, 4) is 0 Å². The van der Waals surface area contributed by atoms with E-state index in [4.69, 9.17) is 26.3 Å². The molecule has 1 aliphatic carbocycles. The first-order valence-corrected chi connectivity index (χ1v) is 14.0. The third-order valence-corrected chi connectivity index (χ3v) is 9.94. The molecule has 10 heteroatoms. The van der Waals surface area contributed by atoms with Crippen molar-refractivity contribution in [1.29, 1.82) is 0 Å². The van der Waals surface area contributed by atoms with Crippen LogP contribution in [0.4, 0.5) is 11.6 Å². The van der Waals surface area contributed by atoms with Gasteiger partial charge in [-0.3, -0.25) is 0 Å². The summed E-state index contributed by atoms with van der Waals surface area (Å²) in [5.41, 5.74) is 0.401. The summed E-state index contributed by atoms with van der Waals surface area (Å²) in [5.74, 6) is 1.69. The lowest BCUT2D eigenvalue weighted by atomic mass is 9.76. The number of halogens is 1. The van der Waals surface area contributed by atoms with Crippen LogP contribution in [0, 0.1) is 11.3 Å². The Balaban J connectivity index is 1.13. The second kappa shape index (κ2) is 8.98. The van der Waals surface area contributed by atoms with Gasteiger partial charge < -0.3 is 24.7 Å². The van der Waals surface area contributed by atoms with E-state index in [9.17, 15) is 10.2 Å². The van der Waals surface area contributed by atoms with Crippen molar-refractivity contribution in [1.82, 2.24) is 15.0 Å². The molecule has 4 aliphatic rings. The van der Waals surface area contributed by atoms with E-state index in [2.05, 4.69) is 14.8 Å². The number of aliphatic hydroxyl groups excluding tert-OH is 1. The molecule has 3 aliphatic heterocycles. The fraction of sp³-hybridized carbons (Fsp3) is 0.654. The molecule has 36 heavy (non-hydrogen) atoms. The molecule has 0 unspecified atom stereocenters. The minimum absolute atomic E-state index is 0.161. The van der Waals surface area contributed by atoms with Crippen molar-refractivity contribution in [2.75, 3.05) is 42.6 Å². The molecule has 0 radical (unpaired) electrons. The summed E-state index contributed by atoms with van der Waals surface area (Å²) < 4.78 is 6.15. The smallest absolute Gasteiger partial charge is 0.152 e. The zero-order chi connectivity index (χ0) is 25.1. The minimum atomic E-state index is -0.716. The lowest BCUT2D eigenvalue weighted by molar-refractivity contribution is 0.00438. The number of aliphatic hydroxyl groups is 2. The first-order chi connectivity index (χ1) is 17.2. The van der Waals surface area contributed by atoms with Crippen LogP contribution in [0.15, 0.2) is 28.4 Å². The molecule has 3 saturated heterocycles. The summed E-state index contributed by atoms with van der Waals surface area (Å²) in [6.45, 7) is 7.67. The van der Waals surface area contributed by atoms with Crippen LogP contribution in [0.5, 0.6) is 0 Å². The van der Waals surface area contributed by atoms with E-state index in [1.807, 2.05) is 19.9 Å². The number of hydrogen-bond acceptors (Lipinski definition) is 9. The highest BCUT2D eigenvalue weighted by atomic mass is 35.5. The average molecular weight is 532 g/mol. The molecule has 0 bridgehead atoms. The van der Waals surface area contributed by atoms with Gasteiger partial charge in [0, 0.05) is 43.2 Å². The van der Waals surface area contributed by atoms with Gasteiger partial charge in [0.15, 0.2) is 5.82 Å². The van der Waals surface area contributed by atoms with Gasteiger partial charge in [-0.1, -0.05) is 23.4 Å². The third kappa shape index (κ3) is 4.58. The number of rotatable bonds is 6. The number of pyridine rings is 1. The first-order valence-electron chi connectivity index (χ1n) is 12.8. The molecule has 2 N–H and O–H groups in total. The maximum absolute atomic E-state index is 10.2. The predicted molar refractivity (Wildman–Crippen MR) is 140 cm³/mol. The van der Waals surface area contributed by atoms with Gasteiger partial charge in [-0.2, -0.15) is 0 Å². The summed E-state index contributed by atoms with van der Waals surface area (Å²) in [6.07, 6.45) is 9.35. The van der Waals surface area contributed by atoms with E-state index in [-0.39, 0.29) is 18.1 Å². The second-order valence-corrected chi connectivity index (χ2v) is 13.0. The molecule has 0 aromatic carbocycles. The summed E-state index contributed by atoms with van der Waals surface area (Å²) in [6, 6.07) is 1.87.